The molecule has 0 spiro atoms. The largest absolute Gasteiger partial charge is 0.469 e. The highest BCUT2D eigenvalue weighted by molar-refractivity contribution is 7.46. The first kappa shape index (κ1) is 17.5. The van der Waals surface area contributed by atoms with E-state index in [4.69, 9.17) is 14.5 Å². The number of aromatic nitrogens is 2. The molecular weight excluding hydrogens is 339 g/mol. The third kappa shape index (κ3) is 3.25. The topological polar surface area (TPSA) is 134 Å². The lowest BCUT2D eigenvalue weighted by Gasteiger charge is -2.17. The number of aliphatic hydroxyl groups excluding tert-OH is 2. The molecule has 3 rings (SSSR count). The molecule has 0 unspecified atom stereocenters. The summed E-state index contributed by atoms with van der Waals surface area (Å²) in [5.41, 5.74) is 3.57. The summed E-state index contributed by atoms with van der Waals surface area (Å²) in [5.74, 6) is 0. The monoisotopic (exact) mass is 358 g/mol. The predicted molar refractivity (Wildman–Crippen MR) is 83.1 cm³/mol. The van der Waals surface area contributed by atoms with E-state index in [0.717, 1.165) is 22.2 Å². The van der Waals surface area contributed by atoms with Crippen molar-refractivity contribution in [2.24, 2.45) is 0 Å². The first-order chi connectivity index (χ1) is 11.2. The van der Waals surface area contributed by atoms with Crippen molar-refractivity contribution in [2.45, 2.75) is 38.4 Å². The molecule has 132 valence electrons. The number of rotatable bonds is 4. The number of aryl methyl sites for hydroxylation is 2. The molecule has 0 bridgehead atoms. The van der Waals surface area contributed by atoms with Crippen molar-refractivity contribution in [3.63, 3.8) is 0 Å². The Balaban J connectivity index is 1.87. The van der Waals surface area contributed by atoms with Crippen LogP contribution in [-0.4, -0.2) is 54.5 Å². The van der Waals surface area contributed by atoms with Crippen molar-refractivity contribution in [3.8, 4) is 0 Å². The molecule has 4 N–H and O–H groups in total. The van der Waals surface area contributed by atoms with Crippen LogP contribution in [0.15, 0.2) is 18.5 Å². The fourth-order valence-electron chi connectivity index (χ4n) is 2.75. The number of phosphoric acid groups is 1. The fraction of sp³-hybridized carbons (Fsp3) is 0.500. The van der Waals surface area contributed by atoms with Crippen molar-refractivity contribution >= 4 is 18.9 Å². The summed E-state index contributed by atoms with van der Waals surface area (Å²) in [7, 11) is -4.69. The minimum atomic E-state index is -4.69. The molecule has 2 heterocycles. The van der Waals surface area contributed by atoms with Crippen LogP contribution in [0.3, 0.4) is 0 Å². The molecule has 1 aliphatic rings. The average molecular weight is 358 g/mol. The van der Waals surface area contributed by atoms with Crippen LogP contribution in [0.1, 0.15) is 17.4 Å². The molecule has 1 aliphatic heterocycles. The summed E-state index contributed by atoms with van der Waals surface area (Å²) >= 11 is 0. The van der Waals surface area contributed by atoms with Gasteiger partial charge < -0.3 is 29.3 Å². The van der Waals surface area contributed by atoms with Crippen LogP contribution < -0.4 is 0 Å². The smallest absolute Gasteiger partial charge is 0.387 e. The summed E-state index contributed by atoms with van der Waals surface area (Å²) in [6.07, 6.45) is -3.13. The molecule has 1 aromatic heterocycles. The minimum absolute atomic E-state index is 0.538. The molecule has 24 heavy (non-hydrogen) atoms. The maximum Gasteiger partial charge on any atom is 0.469 e. The molecule has 4 atom stereocenters. The van der Waals surface area contributed by atoms with E-state index in [1.165, 1.54) is 6.33 Å². The highest BCUT2D eigenvalue weighted by atomic mass is 31.2. The number of benzene rings is 1. The van der Waals surface area contributed by atoms with Crippen LogP contribution in [0, 0.1) is 13.8 Å². The Morgan fingerprint density at radius 1 is 1.25 bits per heavy atom. The maximum atomic E-state index is 10.8. The normalized spacial score (nSPS) is 27.9. The molecule has 1 fully saturated rings. The van der Waals surface area contributed by atoms with Gasteiger partial charge in [0.25, 0.3) is 0 Å². The summed E-state index contributed by atoms with van der Waals surface area (Å²) in [4.78, 5) is 21.8. The van der Waals surface area contributed by atoms with E-state index in [1.54, 1.807) is 4.57 Å². The lowest BCUT2D eigenvalue weighted by Crippen LogP contribution is -2.33. The lowest BCUT2D eigenvalue weighted by atomic mass is 10.1. The van der Waals surface area contributed by atoms with Crippen molar-refractivity contribution in [3.05, 3.63) is 29.6 Å². The van der Waals surface area contributed by atoms with Gasteiger partial charge in [-0.3, -0.25) is 4.52 Å². The summed E-state index contributed by atoms with van der Waals surface area (Å²) in [6, 6.07) is 3.81. The second-order valence-electron chi connectivity index (χ2n) is 5.91. The molecule has 0 aliphatic carbocycles. The summed E-state index contributed by atoms with van der Waals surface area (Å²) in [5, 5.41) is 20.3. The van der Waals surface area contributed by atoms with Gasteiger partial charge in [-0.05, 0) is 37.1 Å². The minimum Gasteiger partial charge on any atom is -0.387 e. The highest BCUT2D eigenvalue weighted by Crippen LogP contribution is 2.39. The molecule has 10 heteroatoms. The zero-order valence-corrected chi connectivity index (χ0v) is 14.0. The zero-order chi connectivity index (χ0) is 17.6. The van der Waals surface area contributed by atoms with E-state index in [9.17, 15) is 14.8 Å². The second-order valence-corrected chi connectivity index (χ2v) is 7.15. The molecule has 9 nitrogen and oxygen atoms in total. The highest BCUT2D eigenvalue weighted by Gasteiger charge is 2.44. The molecule has 0 saturated carbocycles. The van der Waals surface area contributed by atoms with Gasteiger partial charge >= 0.3 is 7.82 Å². The zero-order valence-electron chi connectivity index (χ0n) is 13.1. The first-order valence-electron chi connectivity index (χ1n) is 7.33. The molecular formula is C14H19N2O7P. The van der Waals surface area contributed by atoms with Gasteiger partial charge in [-0.1, -0.05) is 0 Å². The van der Waals surface area contributed by atoms with Crippen LogP contribution in [0.4, 0.5) is 0 Å². The fourth-order valence-corrected chi connectivity index (χ4v) is 3.09. The number of phosphoric ester groups is 1. The Morgan fingerprint density at radius 3 is 2.58 bits per heavy atom. The van der Waals surface area contributed by atoms with Gasteiger partial charge in [-0.15, -0.1) is 0 Å². The van der Waals surface area contributed by atoms with Gasteiger partial charge in [0.2, 0.25) is 0 Å². The van der Waals surface area contributed by atoms with Gasteiger partial charge in [-0.25, -0.2) is 9.55 Å². The molecule has 0 amide bonds. The van der Waals surface area contributed by atoms with E-state index in [0.29, 0.717) is 0 Å². The Kier molecular flexibility index (Phi) is 4.52. The Morgan fingerprint density at radius 2 is 1.92 bits per heavy atom. The van der Waals surface area contributed by atoms with Crippen LogP contribution in [0.25, 0.3) is 11.0 Å². The number of aliphatic hydroxyl groups is 2. The van der Waals surface area contributed by atoms with E-state index >= 15 is 0 Å². The Hall–Kier alpha value is -1.32. The number of hydrogen-bond acceptors (Lipinski definition) is 6. The number of nitrogens with zero attached hydrogens (tertiary/aromatic N) is 2. The van der Waals surface area contributed by atoms with Gasteiger partial charge in [0.15, 0.2) is 6.23 Å². The van der Waals surface area contributed by atoms with Crippen molar-refractivity contribution < 1.29 is 33.8 Å². The van der Waals surface area contributed by atoms with Gasteiger partial charge in [0.1, 0.15) is 18.3 Å². The molecule has 1 saturated heterocycles. The molecule has 0 radical (unpaired) electrons. The van der Waals surface area contributed by atoms with E-state index in [1.807, 2.05) is 26.0 Å². The average Bonchev–Trinajstić information content (AvgIpc) is 3.00. The van der Waals surface area contributed by atoms with E-state index in [-0.39, 0.29) is 0 Å². The van der Waals surface area contributed by atoms with Crippen LogP contribution in [0.2, 0.25) is 0 Å². The standard InChI is InChI=1S/C14H19N2O7P/c1-7-3-9-10(4-8(7)2)16(6-15-9)14-13(18)12(17)11(23-14)5-22-24(19,20)21/h3-4,6,11-14,17-18H,5H2,1-2H3,(H2,19,20,21)/t11-,12-,13-,14-/m1/s1. The third-order valence-electron chi connectivity index (χ3n) is 4.21. The number of hydrogen-bond donors (Lipinski definition) is 4. The van der Waals surface area contributed by atoms with Gasteiger partial charge in [0.05, 0.1) is 24.0 Å². The Bertz CT molecular complexity index is 802. The first-order valence-corrected chi connectivity index (χ1v) is 8.86. The lowest BCUT2D eigenvalue weighted by molar-refractivity contribution is -0.0501. The third-order valence-corrected chi connectivity index (χ3v) is 4.69. The van der Waals surface area contributed by atoms with Gasteiger partial charge in [-0.2, -0.15) is 0 Å². The number of imidazole rings is 1. The summed E-state index contributed by atoms with van der Waals surface area (Å²) < 4.78 is 22.3. The second kappa shape index (κ2) is 6.20. The number of fused-ring (bicyclic) bond motifs is 1. The van der Waals surface area contributed by atoms with E-state index < -0.39 is 39.0 Å². The molecule has 1 aromatic carbocycles. The SMILES string of the molecule is Cc1cc2ncn([C@@H]3O[C@H](COP(=O)(O)O)[C@@H](O)[C@H]3O)c2cc1C. The van der Waals surface area contributed by atoms with E-state index in [2.05, 4.69) is 9.51 Å². The van der Waals surface area contributed by atoms with Crippen molar-refractivity contribution in [2.75, 3.05) is 6.61 Å². The predicted octanol–water partition coefficient (Wildman–Crippen LogP) is 0.382. The number of ether oxygens (including phenoxy) is 1. The molecule has 2 aromatic rings. The van der Waals surface area contributed by atoms with Crippen molar-refractivity contribution in [1.29, 1.82) is 0 Å². The van der Waals surface area contributed by atoms with Crippen LogP contribution in [0.5, 0.6) is 0 Å². The summed E-state index contributed by atoms with van der Waals surface area (Å²) in [6.45, 7) is 3.38. The van der Waals surface area contributed by atoms with Crippen LogP contribution in [-0.2, 0) is 13.8 Å². The Labute approximate surface area is 137 Å². The van der Waals surface area contributed by atoms with Gasteiger partial charge in [0, 0.05) is 0 Å². The quantitative estimate of drug-likeness (QED) is 0.577. The maximum absolute atomic E-state index is 10.8. The van der Waals surface area contributed by atoms with Crippen molar-refractivity contribution in [1.82, 2.24) is 9.55 Å². The van der Waals surface area contributed by atoms with Crippen LogP contribution >= 0.6 is 7.82 Å².